The largest absolute Gasteiger partial charge is 0.485 e. The summed E-state index contributed by atoms with van der Waals surface area (Å²) in [5.41, 5.74) is 3.01. The van der Waals surface area contributed by atoms with Crippen molar-refractivity contribution in [2.24, 2.45) is 0 Å². The Balaban J connectivity index is 1.86. The first-order valence-electron chi connectivity index (χ1n) is 8.79. The third-order valence-electron chi connectivity index (χ3n) is 4.16. The van der Waals surface area contributed by atoms with Crippen molar-refractivity contribution in [3.8, 4) is 11.5 Å². The fourth-order valence-corrected chi connectivity index (χ4v) is 3.50. The normalized spacial score (nSPS) is 11.2. The molecule has 0 unspecified atom stereocenters. The first-order valence-corrected chi connectivity index (χ1v) is 10.2. The Kier molecular flexibility index (Phi) is 5.81. The van der Waals surface area contributed by atoms with Gasteiger partial charge in [-0.1, -0.05) is 61.0 Å². The molecule has 3 rings (SSSR count). The fraction of sp³-hybridized carbons (Fsp3) is 0.182. The summed E-state index contributed by atoms with van der Waals surface area (Å²) >= 11 is 0. The Labute approximate surface area is 160 Å². The van der Waals surface area contributed by atoms with Gasteiger partial charge in [-0.25, -0.2) is 0 Å². The topological polar surface area (TPSA) is 52.6 Å². The molecule has 0 aliphatic carbocycles. The van der Waals surface area contributed by atoms with E-state index in [1.54, 1.807) is 18.2 Å². The first-order chi connectivity index (χ1) is 13.0. The van der Waals surface area contributed by atoms with Crippen molar-refractivity contribution in [2.45, 2.75) is 31.8 Å². The van der Waals surface area contributed by atoms with Crippen molar-refractivity contribution in [1.29, 1.82) is 0 Å². The Morgan fingerprint density at radius 2 is 1.52 bits per heavy atom. The first kappa shape index (κ1) is 19.0. The quantitative estimate of drug-likeness (QED) is 0.545. The maximum Gasteiger partial charge on any atom is 0.339 e. The molecule has 0 aromatic heterocycles. The third-order valence-corrected chi connectivity index (χ3v) is 5.41. The summed E-state index contributed by atoms with van der Waals surface area (Å²) in [4.78, 5) is 0.113. The molecule has 0 saturated heterocycles. The van der Waals surface area contributed by atoms with Crippen LogP contribution < -0.4 is 8.92 Å². The lowest BCUT2D eigenvalue weighted by atomic mass is 10.1. The van der Waals surface area contributed by atoms with E-state index in [2.05, 4.69) is 0 Å². The van der Waals surface area contributed by atoms with E-state index < -0.39 is 10.1 Å². The maximum atomic E-state index is 12.6. The summed E-state index contributed by atoms with van der Waals surface area (Å²) in [6, 6.07) is 21.6. The molecule has 0 radical (unpaired) electrons. The SMILES string of the molecule is CCc1ccc(OS(=O)(=O)c2ccc(C)cc2)c(OCc2ccccc2)c1. The van der Waals surface area contributed by atoms with Gasteiger partial charge >= 0.3 is 10.1 Å². The monoisotopic (exact) mass is 382 g/mol. The van der Waals surface area contributed by atoms with Crippen LogP contribution in [0.15, 0.2) is 77.7 Å². The fourth-order valence-electron chi connectivity index (χ4n) is 2.56. The van der Waals surface area contributed by atoms with Crippen molar-refractivity contribution in [3.63, 3.8) is 0 Å². The van der Waals surface area contributed by atoms with E-state index >= 15 is 0 Å². The molecule has 0 atom stereocenters. The van der Waals surface area contributed by atoms with Crippen LogP contribution in [0.5, 0.6) is 11.5 Å². The molecule has 3 aromatic carbocycles. The molecule has 0 fully saturated rings. The second-order valence-electron chi connectivity index (χ2n) is 6.26. The Bertz CT molecular complexity index is 994. The van der Waals surface area contributed by atoms with Crippen molar-refractivity contribution in [3.05, 3.63) is 89.5 Å². The highest BCUT2D eigenvalue weighted by Crippen LogP contribution is 2.32. The molecule has 4 nitrogen and oxygen atoms in total. The predicted molar refractivity (Wildman–Crippen MR) is 106 cm³/mol. The highest BCUT2D eigenvalue weighted by molar-refractivity contribution is 7.87. The minimum Gasteiger partial charge on any atom is -0.485 e. The Morgan fingerprint density at radius 3 is 2.19 bits per heavy atom. The Morgan fingerprint density at radius 1 is 0.815 bits per heavy atom. The van der Waals surface area contributed by atoms with Crippen LogP contribution in [0.4, 0.5) is 0 Å². The van der Waals surface area contributed by atoms with Gasteiger partial charge in [0.25, 0.3) is 0 Å². The van der Waals surface area contributed by atoms with Crippen LogP contribution in [-0.2, 0) is 23.1 Å². The van der Waals surface area contributed by atoms with E-state index in [-0.39, 0.29) is 10.6 Å². The summed E-state index contributed by atoms with van der Waals surface area (Å²) < 4.78 is 36.5. The van der Waals surface area contributed by atoms with Crippen LogP contribution in [0.2, 0.25) is 0 Å². The van der Waals surface area contributed by atoms with Gasteiger partial charge in [-0.05, 0) is 48.7 Å². The zero-order valence-electron chi connectivity index (χ0n) is 15.4. The van der Waals surface area contributed by atoms with Gasteiger partial charge in [-0.2, -0.15) is 8.42 Å². The van der Waals surface area contributed by atoms with Crippen LogP contribution in [0, 0.1) is 6.92 Å². The predicted octanol–water partition coefficient (Wildman–Crippen LogP) is 4.90. The number of ether oxygens (including phenoxy) is 1. The molecule has 0 aliphatic heterocycles. The molecule has 0 bridgehead atoms. The van der Waals surface area contributed by atoms with E-state index in [1.807, 2.05) is 56.3 Å². The molecule has 0 spiro atoms. The van der Waals surface area contributed by atoms with E-state index in [0.717, 1.165) is 23.1 Å². The van der Waals surface area contributed by atoms with Crippen LogP contribution in [0.3, 0.4) is 0 Å². The van der Waals surface area contributed by atoms with Crippen molar-refractivity contribution in [1.82, 2.24) is 0 Å². The molecule has 140 valence electrons. The van der Waals surface area contributed by atoms with Crippen LogP contribution >= 0.6 is 0 Å². The molecular formula is C22H22O4S. The molecule has 3 aromatic rings. The Hall–Kier alpha value is -2.79. The highest BCUT2D eigenvalue weighted by atomic mass is 32.2. The van der Waals surface area contributed by atoms with Gasteiger partial charge in [0, 0.05) is 0 Å². The molecule has 0 amide bonds. The molecule has 0 heterocycles. The molecule has 27 heavy (non-hydrogen) atoms. The summed E-state index contributed by atoms with van der Waals surface area (Å²) in [6.45, 7) is 4.26. The van der Waals surface area contributed by atoms with E-state index in [9.17, 15) is 8.42 Å². The average molecular weight is 382 g/mol. The van der Waals surface area contributed by atoms with E-state index in [4.69, 9.17) is 8.92 Å². The molecule has 0 aliphatic rings. The second-order valence-corrected chi connectivity index (χ2v) is 7.81. The second kappa shape index (κ2) is 8.27. The summed E-state index contributed by atoms with van der Waals surface area (Å²) in [5, 5.41) is 0. The third kappa shape index (κ3) is 4.89. The van der Waals surface area contributed by atoms with Gasteiger partial charge in [-0.3, -0.25) is 0 Å². The standard InChI is InChI=1S/C22H22O4S/c1-3-18-11-14-21(22(15-18)25-16-19-7-5-4-6-8-19)26-27(23,24)20-12-9-17(2)10-13-20/h4-15H,3,16H2,1-2H3. The van der Waals surface area contributed by atoms with Crippen LogP contribution in [0.25, 0.3) is 0 Å². The lowest BCUT2D eigenvalue weighted by Crippen LogP contribution is -2.11. The van der Waals surface area contributed by atoms with Crippen molar-refractivity contribution >= 4 is 10.1 Å². The van der Waals surface area contributed by atoms with Crippen LogP contribution in [-0.4, -0.2) is 8.42 Å². The summed E-state index contributed by atoms with van der Waals surface area (Å²) in [5.74, 6) is 0.595. The number of rotatable bonds is 7. The molecule has 0 saturated carbocycles. The van der Waals surface area contributed by atoms with Crippen LogP contribution in [0.1, 0.15) is 23.6 Å². The molecular weight excluding hydrogens is 360 g/mol. The molecule has 0 N–H and O–H groups in total. The maximum absolute atomic E-state index is 12.6. The average Bonchev–Trinajstić information content (AvgIpc) is 2.68. The van der Waals surface area contributed by atoms with Gasteiger partial charge in [-0.15, -0.1) is 0 Å². The molecule has 5 heteroatoms. The van der Waals surface area contributed by atoms with E-state index in [1.165, 1.54) is 12.1 Å². The van der Waals surface area contributed by atoms with E-state index in [0.29, 0.717) is 12.4 Å². The van der Waals surface area contributed by atoms with Gasteiger partial charge < -0.3 is 8.92 Å². The van der Waals surface area contributed by atoms with Gasteiger partial charge in [0.15, 0.2) is 11.5 Å². The minimum absolute atomic E-state index is 0.113. The lowest BCUT2D eigenvalue weighted by molar-refractivity contribution is 0.296. The highest BCUT2D eigenvalue weighted by Gasteiger charge is 2.19. The summed E-state index contributed by atoms with van der Waals surface area (Å²) in [7, 11) is -3.94. The number of aryl methyl sites for hydroxylation is 2. The zero-order chi connectivity index (χ0) is 19.3. The number of hydrogen-bond acceptors (Lipinski definition) is 4. The number of benzene rings is 3. The zero-order valence-corrected chi connectivity index (χ0v) is 16.2. The lowest BCUT2D eigenvalue weighted by Gasteiger charge is -2.14. The van der Waals surface area contributed by atoms with Crippen molar-refractivity contribution < 1.29 is 17.3 Å². The van der Waals surface area contributed by atoms with Gasteiger partial charge in [0.05, 0.1) is 0 Å². The minimum atomic E-state index is -3.94. The van der Waals surface area contributed by atoms with Gasteiger partial charge in [0.2, 0.25) is 0 Å². The smallest absolute Gasteiger partial charge is 0.339 e. The number of hydrogen-bond donors (Lipinski definition) is 0. The van der Waals surface area contributed by atoms with Crippen molar-refractivity contribution in [2.75, 3.05) is 0 Å². The summed E-state index contributed by atoms with van der Waals surface area (Å²) in [6.07, 6.45) is 0.812. The van der Waals surface area contributed by atoms with Gasteiger partial charge in [0.1, 0.15) is 11.5 Å².